The summed E-state index contributed by atoms with van der Waals surface area (Å²) in [5.41, 5.74) is 4.20. The average molecular weight is 397 g/mol. The molecule has 0 aliphatic carbocycles. The maximum atomic E-state index is 12.4. The third-order valence-electron chi connectivity index (χ3n) is 5.17. The third-order valence-corrected chi connectivity index (χ3v) is 5.17. The number of para-hydroxylation sites is 1. The van der Waals surface area contributed by atoms with E-state index in [2.05, 4.69) is 50.9 Å². The lowest BCUT2D eigenvalue weighted by molar-refractivity contribution is 0.102. The van der Waals surface area contributed by atoms with Crippen molar-refractivity contribution in [3.05, 3.63) is 78.1 Å². The van der Waals surface area contributed by atoms with Crippen LogP contribution in [0.2, 0.25) is 0 Å². The summed E-state index contributed by atoms with van der Waals surface area (Å²) in [6.07, 6.45) is 5.47. The molecular weight excluding hydrogens is 374 g/mol. The van der Waals surface area contributed by atoms with Gasteiger partial charge in [-0.15, -0.1) is 0 Å². The van der Waals surface area contributed by atoms with Crippen LogP contribution < -0.4 is 15.5 Å². The van der Waals surface area contributed by atoms with Gasteiger partial charge < -0.3 is 15.5 Å². The summed E-state index contributed by atoms with van der Waals surface area (Å²) in [7, 11) is 0. The van der Waals surface area contributed by atoms with Crippen LogP contribution in [0.3, 0.4) is 0 Å². The summed E-state index contributed by atoms with van der Waals surface area (Å²) in [5.74, 6) is -0.352. The molecular formula is C24H23N5O. The topological polar surface area (TPSA) is 81.0 Å². The quantitative estimate of drug-likeness (QED) is 0.637. The van der Waals surface area contributed by atoms with E-state index >= 15 is 0 Å². The molecule has 1 aliphatic heterocycles. The molecule has 0 unspecified atom stereocenters. The number of benzene rings is 2. The minimum Gasteiger partial charge on any atom is -0.372 e. The minimum atomic E-state index is -0.352. The standard InChI is InChI=1S/C24H23N5O/c25-16-18-6-2-3-7-22(18)28-24(30)23-13-10-20(17-26-23)27-19-8-11-21(12-9-19)29-14-4-1-5-15-29/h2-3,6-13,17,27H,1,4-5,14-15H2,(H,28,30). The molecule has 0 atom stereocenters. The van der Waals surface area contributed by atoms with E-state index in [0.29, 0.717) is 11.3 Å². The van der Waals surface area contributed by atoms with E-state index in [9.17, 15) is 4.79 Å². The molecule has 1 aliphatic rings. The van der Waals surface area contributed by atoms with Crippen LogP contribution in [0.1, 0.15) is 35.3 Å². The normalized spacial score (nSPS) is 13.4. The minimum absolute atomic E-state index is 0.286. The zero-order chi connectivity index (χ0) is 20.8. The number of rotatable bonds is 5. The van der Waals surface area contributed by atoms with Gasteiger partial charge in [-0.3, -0.25) is 4.79 Å². The Labute approximate surface area is 176 Å². The van der Waals surface area contributed by atoms with Gasteiger partial charge in [-0.2, -0.15) is 5.26 Å². The summed E-state index contributed by atoms with van der Waals surface area (Å²) in [5, 5.41) is 15.2. The van der Waals surface area contributed by atoms with Crippen LogP contribution in [0.5, 0.6) is 0 Å². The molecule has 0 bridgehead atoms. The van der Waals surface area contributed by atoms with Crippen LogP contribution in [0, 0.1) is 11.3 Å². The summed E-state index contributed by atoms with van der Waals surface area (Å²) in [6, 6.07) is 20.8. The van der Waals surface area contributed by atoms with Crippen molar-refractivity contribution in [2.45, 2.75) is 19.3 Å². The molecule has 150 valence electrons. The Bertz CT molecular complexity index is 1050. The fourth-order valence-corrected chi connectivity index (χ4v) is 3.55. The van der Waals surface area contributed by atoms with Crippen LogP contribution in [-0.2, 0) is 0 Å². The number of pyridine rings is 1. The molecule has 6 nitrogen and oxygen atoms in total. The second kappa shape index (κ2) is 9.10. The number of aromatic nitrogens is 1. The Morgan fingerprint density at radius 3 is 2.37 bits per heavy atom. The van der Waals surface area contributed by atoms with Crippen molar-refractivity contribution >= 4 is 28.7 Å². The predicted molar refractivity (Wildman–Crippen MR) is 119 cm³/mol. The van der Waals surface area contributed by atoms with E-state index in [1.54, 1.807) is 36.5 Å². The molecule has 30 heavy (non-hydrogen) atoms. The summed E-state index contributed by atoms with van der Waals surface area (Å²) >= 11 is 0. The summed E-state index contributed by atoms with van der Waals surface area (Å²) < 4.78 is 0. The predicted octanol–water partition coefficient (Wildman–Crippen LogP) is 4.94. The molecule has 4 rings (SSSR count). The number of carbonyl (C=O) groups excluding carboxylic acids is 1. The SMILES string of the molecule is N#Cc1ccccc1NC(=O)c1ccc(Nc2ccc(N3CCCCC3)cc2)cn1. The Balaban J connectivity index is 1.38. The first-order valence-electron chi connectivity index (χ1n) is 10.1. The lowest BCUT2D eigenvalue weighted by atomic mass is 10.1. The molecule has 6 heteroatoms. The number of nitrogens with zero attached hydrogens (tertiary/aromatic N) is 3. The molecule has 0 saturated carbocycles. The number of hydrogen-bond donors (Lipinski definition) is 2. The number of nitriles is 1. The molecule has 2 heterocycles. The largest absolute Gasteiger partial charge is 0.372 e. The monoisotopic (exact) mass is 397 g/mol. The second-order valence-corrected chi connectivity index (χ2v) is 7.26. The number of nitrogens with one attached hydrogen (secondary N) is 2. The number of piperidine rings is 1. The smallest absolute Gasteiger partial charge is 0.274 e. The van der Waals surface area contributed by atoms with Crippen LogP contribution in [0.25, 0.3) is 0 Å². The van der Waals surface area contributed by atoms with Gasteiger partial charge in [-0.1, -0.05) is 12.1 Å². The van der Waals surface area contributed by atoms with Gasteiger partial charge in [-0.25, -0.2) is 4.98 Å². The Morgan fingerprint density at radius 2 is 1.67 bits per heavy atom. The molecule has 1 aromatic heterocycles. The fraction of sp³-hybridized carbons (Fsp3) is 0.208. The number of amides is 1. The van der Waals surface area contributed by atoms with Crippen molar-refractivity contribution in [1.82, 2.24) is 4.98 Å². The maximum Gasteiger partial charge on any atom is 0.274 e. The van der Waals surface area contributed by atoms with Crippen LogP contribution in [0.4, 0.5) is 22.7 Å². The van der Waals surface area contributed by atoms with Gasteiger partial charge in [-0.05, 0) is 67.8 Å². The molecule has 1 amide bonds. The Kier molecular flexibility index (Phi) is 5.90. The van der Waals surface area contributed by atoms with Crippen molar-refractivity contribution in [3.63, 3.8) is 0 Å². The van der Waals surface area contributed by atoms with Gasteiger partial charge in [0.15, 0.2) is 0 Å². The molecule has 1 fully saturated rings. The molecule has 0 spiro atoms. The van der Waals surface area contributed by atoms with Gasteiger partial charge in [0.05, 0.1) is 23.1 Å². The van der Waals surface area contributed by atoms with Gasteiger partial charge in [0, 0.05) is 24.5 Å². The van der Waals surface area contributed by atoms with Crippen LogP contribution >= 0.6 is 0 Å². The highest BCUT2D eigenvalue weighted by atomic mass is 16.1. The molecule has 2 aromatic carbocycles. The number of anilines is 4. The van der Waals surface area contributed by atoms with Crippen molar-refractivity contribution in [2.75, 3.05) is 28.6 Å². The molecule has 3 aromatic rings. The van der Waals surface area contributed by atoms with E-state index in [-0.39, 0.29) is 11.6 Å². The van der Waals surface area contributed by atoms with Gasteiger partial charge >= 0.3 is 0 Å². The number of hydrogen-bond acceptors (Lipinski definition) is 5. The Morgan fingerprint density at radius 1 is 0.933 bits per heavy atom. The van der Waals surface area contributed by atoms with E-state index in [4.69, 9.17) is 5.26 Å². The van der Waals surface area contributed by atoms with E-state index in [1.807, 2.05) is 6.07 Å². The van der Waals surface area contributed by atoms with E-state index in [1.165, 1.54) is 24.9 Å². The molecule has 2 N–H and O–H groups in total. The lowest BCUT2D eigenvalue weighted by Gasteiger charge is -2.28. The lowest BCUT2D eigenvalue weighted by Crippen LogP contribution is -2.29. The highest BCUT2D eigenvalue weighted by Gasteiger charge is 2.12. The Hall–Kier alpha value is -3.85. The maximum absolute atomic E-state index is 12.4. The zero-order valence-corrected chi connectivity index (χ0v) is 16.6. The third kappa shape index (κ3) is 4.58. The van der Waals surface area contributed by atoms with E-state index < -0.39 is 0 Å². The van der Waals surface area contributed by atoms with Gasteiger partial charge in [0.1, 0.15) is 11.8 Å². The van der Waals surface area contributed by atoms with Crippen molar-refractivity contribution in [1.29, 1.82) is 5.26 Å². The van der Waals surface area contributed by atoms with Crippen molar-refractivity contribution in [3.8, 4) is 6.07 Å². The average Bonchev–Trinajstić information content (AvgIpc) is 2.81. The van der Waals surface area contributed by atoms with Crippen LogP contribution in [0.15, 0.2) is 66.9 Å². The summed E-state index contributed by atoms with van der Waals surface area (Å²) in [6.45, 7) is 2.25. The van der Waals surface area contributed by atoms with E-state index in [0.717, 1.165) is 24.5 Å². The highest BCUT2D eigenvalue weighted by molar-refractivity contribution is 6.03. The van der Waals surface area contributed by atoms with Gasteiger partial charge in [0.2, 0.25) is 0 Å². The first-order valence-corrected chi connectivity index (χ1v) is 10.1. The highest BCUT2D eigenvalue weighted by Crippen LogP contribution is 2.23. The van der Waals surface area contributed by atoms with Crippen molar-refractivity contribution < 1.29 is 4.79 Å². The molecule has 1 saturated heterocycles. The second-order valence-electron chi connectivity index (χ2n) is 7.26. The van der Waals surface area contributed by atoms with Gasteiger partial charge in [0.25, 0.3) is 5.91 Å². The summed E-state index contributed by atoms with van der Waals surface area (Å²) in [4.78, 5) is 19.1. The first kappa shape index (κ1) is 19.5. The number of carbonyl (C=O) groups is 1. The fourth-order valence-electron chi connectivity index (χ4n) is 3.55. The molecule has 0 radical (unpaired) electrons. The zero-order valence-electron chi connectivity index (χ0n) is 16.6. The first-order chi connectivity index (χ1) is 14.7. The van der Waals surface area contributed by atoms with Crippen molar-refractivity contribution in [2.24, 2.45) is 0 Å². The van der Waals surface area contributed by atoms with Crippen LogP contribution in [-0.4, -0.2) is 24.0 Å².